The molecule has 1 atom stereocenters. The van der Waals surface area contributed by atoms with E-state index in [0.29, 0.717) is 26.2 Å². The minimum Gasteiger partial charge on any atom is -0.448 e. The van der Waals surface area contributed by atoms with Gasteiger partial charge in [-0.25, -0.2) is 4.79 Å². The summed E-state index contributed by atoms with van der Waals surface area (Å²) in [5, 5.41) is 9.70. The highest BCUT2D eigenvalue weighted by molar-refractivity contribution is 5.69. The Hall–Kier alpha value is -1.07. The molecule has 1 amide bonds. The highest BCUT2D eigenvalue weighted by atomic mass is 16.6. The predicted octanol–water partition coefficient (Wildman–Crippen LogP) is 0.698. The van der Waals surface area contributed by atoms with Crippen molar-refractivity contribution >= 4 is 6.09 Å². The Bertz CT molecular complexity index is 258. The van der Waals surface area contributed by atoms with Crippen LogP contribution in [-0.4, -0.2) is 66.9 Å². The fourth-order valence-corrected chi connectivity index (χ4v) is 1.77. The lowest BCUT2D eigenvalue weighted by Crippen LogP contribution is -2.37. The predicted molar refractivity (Wildman–Crippen MR) is 65.9 cm³/mol. The second-order valence-electron chi connectivity index (χ2n) is 4.38. The summed E-state index contributed by atoms with van der Waals surface area (Å²) in [6.07, 6.45) is 2.81. The van der Waals surface area contributed by atoms with Gasteiger partial charge in [0.1, 0.15) is 6.61 Å². The number of carbonyl (C=O) groups excluding carboxylic acids is 1. The topological polar surface area (TPSA) is 53.0 Å². The van der Waals surface area contributed by atoms with Crippen LogP contribution in [0, 0.1) is 0 Å². The molecule has 0 saturated carbocycles. The first-order valence-electron chi connectivity index (χ1n) is 6.02. The van der Waals surface area contributed by atoms with E-state index in [2.05, 4.69) is 6.58 Å². The molecule has 98 valence electrons. The van der Waals surface area contributed by atoms with Crippen molar-refractivity contribution in [3.05, 3.63) is 12.7 Å². The zero-order valence-electron chi connectivity index (χ0n) is 10.5. The van der Waals surface area contributed by atoms with Gasteiger partial charge in [-0.15, -0.1) is 6.58 Å². The molecule has 1 saturated heterocycles. The lowest BCUT2D eigenvalue weighted by molar-refractivity contribution is 0.113. The fourth-order valence-electron chi connectivity index (χ4n) is 1.77. The van der Waals surface area contributed by atoms with Crippen molar-refractivity contribution in [3.8, 4) is 0 Å². The normalized spacial score (nSPS) is 17.4. The maximum Gasteiger partial charge on any atom is 0.409 e. The van der Waals surface area contributed by atoms with E-state index in [4.69, 9.17) is 4.74 Å². The highest BCUT2D eigenvalue weighted by Gasteiger charge is 2.21. The minimum absolute atomic E-state index is 0.231. The van der Waals surface area contributed by atoms with Crippen molar-refractivity contribution in [1.82, 2.24) is 9.80 Å². The number of allylic oxidation sites excluding steroid dienone is 1. The van der Waals surface area contributed by atoms with Crippen molar-refractivity contribution in [2.45, 2.75) is 18.9 Å². The first kappa shape index (κ1) is 14.0. The molecule has 1 aliphatic heterocycles. The van der Waals surface area contributed by atoms with Gasteiger partial charge in [0.25, 0.3) is 0 Å². The molecule has 1 aliphatic rings. The average Bonchev–Trinajstić information content (AvgIpc) is 2.69. The van der Waals surface area contributed by atoms with Crippen molar-refractivity contribution in [2.24, 2.45) is 0 Å². The van der Waals surface area contributed by atoms with E-state index in [-0.39, 0.29) is 12.2 Å². The summed E-state index contributed by atoms with van der Waals surface area (Å²) >= 11 is 0. The molecule has 0 spiro atoms. The number of hydrogen-bond donors (Lipinski definition) is 1. The Morgan fingerprint density at radius 3 is 3.06 bits per heavy atom. The third kappa shape index (κ3) is 5.19. The van der Waals surface area contributed by atoms with Gasteiger partial charge in [0.2, 0.25) is 0 Å². The van der Waals surface area contributed by atoms with Crippen molar-refractivity contribution < 1.29 is 14.6 Å². The van der Waals surface area contributed by atoms with E-state index in [1.54, 1.807) is 4.90 Å². The van der Waals surface area contributed by atoms with Crippen LogP contribution >= 0.6 is 0 Å². The monoisotopic (exact) mass is 242 g/mol. The highest BCUT2D eigenvalue weighted by Crippen LogP contribution is 2.04. The first-order valence-corrected chi connectivity index (χ1v) is 6.02. The quantitative estimate of drug-likeness (QED) is 0.637. The number of nitrogens with zero attached hydrogens (tertiary/aromatic N) is 2. The lowest BCUT2D eigenvalue weighted by atomic mass is 10.2. The lowest BCUT2D eigenvalue weighted by Gasteiger charge is -2.22. The van der Waals surface area contributed by atoms with Crippen molar-refractivity contribution in [3.63, 3.8) is 0 Å². The summed E-state index contributed by atoms with van der Waals surface area (Å²) in [4.78, 5) is 14.9. The van der Waals surface area contributed by atoms with Gasteiger partial charge in [-0.2, -0.15) is 0 Å². The van der Waals surface area contributed by atoms with Crippen LogP contribution in [-0.2, 0) is 4.74 Å². The fraction of sp³-hybridized carbons (Fsp3) is 0.750. The summed E-state index contributed by atoms with van der Waals surface area (Å²) in [6, 6.07) is 0. The minimum atomic E-state index is -0.330. The van der Waals surface area contributed by atoms with E-state index >= 15 is 0 Å². The maximum absolute atomic E-state index is 11.2. The number of cyclic esters (lactones) is 1. The summed E-state index contributed by atoms with van der Waals surface area (Å²) in [5.74, 6) is 0. The molecule has 0 aromatic heterocycles. The third-order valence-electron chi connectivity index (χ3n) is 2.82. The molecule has 1 unspecified atom stereocenters. The molecule has 5 heteroatoms. The summed E-state index contributed by atoms with van der Waals surface area (Å²) in [5.41, 5.74) is 0. The van der Waals surface area contributed by atoms with Gasteiger partial charge in [-0.05, 0) is 19.9 Å². The number of aliphatic hydroxyl groups is 1. The summed E-state index contributed by atoms with van der Waals surface area (Å²) < 4.78 is 4.84. The Morgan fingerprint density at radius 2 is 2.47 bits per heavy atom. The molecule has 1 rings (SSSR count). The molecular weight excluding hydrogens is 220 g/mol. The molecule has 5 nitrogen and oxygen atoms in total. The number of ether oxygens (including phenoxy) is 1. The van der Waals surface area contributed by atoms with Crippen LogP contribution in [0.15, 0.2) is 12.7 Å². The van der Waals surface area contributed by atoms with Gasteiger partial charge >= 0.3 is 6.09 Å². The maximum atomic E-state index is 11.2. The largest absolute Gasteiger partial charge is 0.448 e. The third-order valence-corrected chi connectivity index (χ3v) is 2.82. The van der Waals surface area contributed by atoms with Gasteiger partial charge in [0.05, 0.1) is 12.6 Å². The Kier molecular flexibility index (Phi) is 6.00. The standard InChI is InChI=1S/C12H22N2O3/c1-3-4-5-11(15)10-13(2)6-7-14-8-9-17-12(14)16/h3,11,15H,1,4-10H2,2H3. The number of carbonyl (C=O) groups is 1. The van der Waals surface area contributed by atoms with Crippen LogP contribution in [0.5, 0.6) is 0 Å². The summed E-state index contributed by atoms with van der Waals surface area (Å²) in [6.45, 7) is 6.82. The molecule has 0 aromatic carbocycles. The van der Waals surface area contributed by atoms with Crippen LogP contribution in [0.4, 0.5) is 4.79 Å². The molecular formula is C12H22N2O3. The number of aliphatic hydroxyl groups excluding tert-OH is 1. The van der Waals surface area contributed by atoms with Gasteiger partial charge in [0, 0.05) is 19.6 Å². The first-order chi connectivity index (χ1) is 8.13. The Balaban J connectivity index is 2.13. The van der Waals surface area contributed by atoms with Gasteiger partial charge < -0.3 is 19.6 Å². The molecule has 0 radical (unpaired) electrons. The number of rotatable bonds is 8. The van der Waals surface area contributed by atoms with Crippen LogP contribution in [0.2, 0.25) is 0 Å². The zero-order valence-corrected chi connectivity index (χ0v) is 10.5. The van der Waals surface area contributed by atoms with E-state index in [9.17, 15) is 9.90 Å². The smallest absolute Gasteiger partial charge is 0.409 e. The SMILES string of the molecule is C=CCCC(O)CN(C)CCN1CCOC1=O. The second kappa shape index (κ2) is 7.29. The number of amides is 1. The summed E-state index contributed by atoms with van der Waals surface area (Å²) in [7, 11) is 1.94. The molecule has 0 aromatic rings. The second-order valence-corrected chi connectivity index (χ2v) is 4.38. The van der Waals surface area contributed by atoms with Gasteiger partial charge in [-0.1, -0.05) is 6.08 Å². The van der Waals surface area contributed by atoms with Crippen LogP contribution in [0.1, 0.15) is 12.8 Å². The zero-order chi connectivity index (χ0) is 12.7. The van der Waals surface area contributed by atoms with Crippen LogP contribution in [0.3, 0.4) is 0 Å². The van der Waals surface area contributed by atoms with E-state index < -0.39 is 0 Å². The number of likely N-dealkylation sites (N-methyl/N-ethyl adjacent to an activating group) is 1. The molecule has 1 fully saturated rings. The molecule has 17 heavy (non-hydrogen) atoms. The van der Waals surface area contributed by atoms with E-state index in [1.807, 2.05) is 18.0 Å². The Labute approximate surface area is 103 Å². The van der Waals surface area contributed by atoms with Gasteiger partial charge in [-0.3, -0.25) is 0 Å². The molecule has 0 aliphatic carbocycles. The Morgan fingerprint density at radius 1 is 1.71 bits per heavy atom. The molecule has 1 heterocycles. The molecule has 1 N–H and O–H groups in total. The van der Waals surface area contributed by atoms with Crippen LogP contribution < -0.4 is 0 Å². The van der Waals surface area contributed by atoms with Crippen molar-refractivity contribution in [1.29, 1.82) is 0 Å². The van der Waals surface area contributed by atoms with E-state index in [1.165, 1.54) is 0 Å². The number of hydrogen-bond acceptors (Lipinski definition) is 4. The van der Waals surface area contributed by atoms with Crippen LogP contribution in [0.25, 0.3) is 0 Å². The van der Waals surface area contributed by atoms with E-state index in [0.717, 1.165) is 19.4 Å². The van der Waals surface area contributed by atoms with Crippen molar-refractivity contribution in [2.75, 3.05) is 39.8 Å². The molecule has 0 bridgehead atoms. The average molecular weight is 242 g/mol. The van der Waals surface area contributed by atoms with Gasteiger partial charge in [0.15, 0.2) is 0 Å².